The van der Waals surface area contributed by atoms with Crippen LogP contribution >= 0.6 is 11.3 Å². The van der Waals surface area contributed by atoms with Crippen molar-refractivity contribution >= 4 is 39.0 Å². The van der Waals surface area contributed by atoms with Crippen molar-refractivity contribution in [3.8, 4) is 11.5 Å². The van der Waals surface area contributed by atoms with Gasteiger partial charge in [-0.05, 0) is 43.7 Å². The van der Waals surface area contributed by atoms with Gasteiger partial charge in [0, 0.05) is 21.8 Å². The lowest BCUT2D eigenvalue weighted by Crippen LogP contribution is -2.29. The molecule has 0 unspecified atom stereocenters. The van der Waals surface area contributed by atoms with Gasteiger partial charge >= 0.3 is 5.97 Å². The number of benzene rings is 2. The highest BCUT2D eigenvalue weighted by atomic mass is 32.1. The van der Waals surface area contributed by atoms with Crippen molar-refractivity contribution in [2.24, 2.45) is 0 Å². The van der Waals surface area contributed by atoms with Crippen LogP contribution in [-0.4, -0.2) is 24.8 Å². The average Bonchev–Trinajstić information content (AvgIpc) is 3.26. The molecule has 2 aromatic carbocycles. The molecular weight excluding hydrogens is 385 g/mol. The van der Waals surface area contributed by atoms with Gasteiger partial charge in [0.25, 0.3) is 5.91 Å². The molecule has 4 rings (SSSR count). The van der Waals surface area contributed by atoms with Gasteiger partial charge in [0.2, 0.25) is 6.79 Å². The van der Waals surface area contributed by atoms with Crippen molar-refractivity contribution in [2.75, 3.05) is 12.1 Å². The maximum Gasteiger partial charge on any atom is 0.349 e. The molecular formula is C20H16FNO5S. The summed E-state index contributed by atoms with van der Waals surface area (Å²) in [4.78, 5) is 25.2. The van der Waals surface area contributed by atoms with Crippen LogP contribution in [0.1, 0.15) is 22.2 Å². The highest BCUT2D eigenvalue weighted by Gasteiger charge is 2.24. The second-order valence-electron chi connectivity index (χ2n) is 6.27. The summed E-state index contributed by atoms with van der Waals surface area (Å²) in [7, 11) is 0. The number of esters is 1. The average molecular weight is 401 g/mol. The first-order chi connectivity index (χ1) is 13.4. The van der Waals surface area contributed by atoms with E-state index in [0.717, 1.165) is 11.3 Å². The minimum atomic E-state index is -1.03. The van der Waals surface area contributed by atoms with Gasteiger partial charge in [-0.15, -0.1) is 11.3 Å². The molecule has 0 bridgehead atoms. The smallest absolute Gasteiger partial charge is 0.349 e. The number of hydrogen-bond donors (Lipinski definition) is 1. The first-order valence-corrected chi connectivity index (χ1v) is 9.35. The molecule has 144 valence electrons. The normalized spacial score (nSPS) is 13.4. The number of fused-ring (bicyclic) bond motifs is 2. The number of amides is 1. The van der Waals surface area contributed by atoms with Crippen LogP contribution < -0.4 is 14.8 Å². The van der Waals surface area contributed by atoms with E-state index in [1.54, 1.807) is 37.3 Å². The molecule has 3 aromatic rings. The molecule has 1 amide bonds. The molecule has 0 radical (unpaired) electrons. The lowest BCUT2D eigenvalue weighted by atomic mass is 10.1. The first-order valence-electron chi connectivity index (χ1n) is 8.53. The lowest BCUT2D eigenvalue weighted by molar-refractivity contribution is -0.123. The predicted octanol–water partition coefficient (Wildman–Crippen LogP) is 4.26. The van der Waals surface area contributed by atoms with Gasteiger partial charge < -0.3 is 19.5 Å². The monoisotopic (exact) mass is 401 g/mol. The summed E-state index contributed by atoms with van der Waals surface area (Å²) >= 11 is 1.14. The van der Waals surface area contributed by atoms with Crippen LogP contribution in [0.25, 0.3) is 10.1 Å². The Morgan fingerprint density at radius 2 is 2.00 bits per heavy atom. The molecule has 1 aliphatic rings. The van der Waals surface area contributed by atoms with Gasteiger partial charge in [0.15, 0.2) is 17.6 Å². The quantitative estimate of drug-likeness (QED) is 0.661. The number of ether oxygens (including phenoxy) is 3. The minimum Gasteiger partial charge on any atom is -0.454 e. The van der Waals surface area contributed by atoms with E-state index in [1.807, 2.05) is 0 Å². The van der Waals surface area contributed by atoms with E-state index in [-0.39, 0.29) is 17.5 Å². The van der Waals surface area contributed by atoms with Crippen molar-refractivity contribution in [1.29, 1.82) is 0 Å². The van der Waals surface area contributed by atoms with Crippen molar-refractivity contribution in [2.45, 2.75) is 20.0 Å². The van der Waals surface area contributed by atoms with Gasteiger partial charge in [0.1, 0.15) is 10.7 Å². The third-order valence-electron chi connectivity index (χ3n) is 4.38. The highest BCUT2D eigenvalue weighted by molar-refractivity contribution is 7.21. The molecule has 1 N–H and O–H groups in total. The van der Waals surface area contributed by atoms with Gasteiger partial charge in [-0.25, -0.2) is 9.18 Å². The van der Waals surface area contributed by atoms with Gasteiger partial charge in [-0.2, -0.15) is 0 Å². The molecule has 28 heavy (non-hydrogen) atoms. The van der Waals surface area contributed by atoms with Crippen LogP contribution in [0.15, 0.2) is 36.4 Å². The van der Waals surface area contributed by atoms with Crippen molar-refractivity contribution in [3.05, 3.63) is 52.7 Å². The zero-order chi connectivity index (χ0) is 19.8. The van der Waals surface area contributed by atoms with E-state index in [2.05, 4.69) is 5.32 Å². The topological polar surface area (TPSA) is 73.9 Å². The predicted molar refractivity (Wildman–Crippen MR) is 103 cm³/mol. The van der Waals surface area contributed by atoms with Crippen LogP contribution in [-0.2, 0) is 9.53 Å². The largest absolute Gasteiger partial charge is 0.454 e. The molecule has 1 aromatic heterocycles. The SMILES string of the molecule is Cc1c(C(=O)O[C@H](C)C(=O)Nc2ccc3c(c2)OCO3)sc2cccc(F)c12. The Kier molecular flexibility index (Phi) is 4.64. The number of halogens is 1. The Labute approximate surface area is 163 Å². The van der Waals surface area contributed by atoms with E-state index in [1.165, 1.54) is 13.0 Å². The van der Waals surface area contributed by atoms with Crippen LogP contribution in [0.2, 0.25) is 0 Å². The summed E-state index contributed by atoms with van der Waals surface area (Å²) < 4.78 is 30.5. The Morgan fingerprint density at radius 1 is 1.21 bits per heavy atom. The number of anilines is 1. The van der Waals surface area contributed by atoms with E-state index in [9.17, 15) is 14.0 Å². The van der Waals surface area contributed by atoms with Crippen molar-refractivity contribution < 1.29 is 28.2 Å². The van der Waals surface area contributed by atoms with E-state index >= 15 is 0 Å². The maximum absolute atomic E-state index is 14.0. The van der Waals surface area contributed by atoms with Gasteiger partial charge in [-0.1, -0.05) is 6.07 Å². The molecule has 0 saturated carbocycles. The van der Waals surface area contributed by atoms with Gasteiger partial charge in [-0.3, -0.25) is 4.79 Å². The van der Waals surface area contributed by atoms with E-state index in [4.69, 9.17) is 14.2 Å². The zero-order valence-corrected chi connectivity index (χ0v) is 15.9. The second kappa shape index (κ2) is 7.12. The summed E-state index contributed by atoms with van der Waals surface area (Å²) in [6.45, 7) is 3.27. The van der Waals surface area contributed by atoms with E-state index < -0.39 is 18.0 Å². The van der Waals surface area contributed by atoms with Crippen LogP contribution in [0.5, 0.6) is 11.5 Å². The molecule has 8 heteroatoms. The second-order valence-corrected chi connectivity index (χ2v) is 7.33. The molecule has 0 aliphatic carbocycles. The number of aryl methyl sites for hydroxylation is 1. The molecule has 0 saturated heterocycles. The van der Waals surface area contributed by atoms with E-state index in [0.29, 0.717) is 32.8 Å². The van der Waals surface area contributed by atoms with Gasteiger partial charge in [0.05, 0.1) is 0 Å². The molecule has 2 heterocycles. The summed E-state index contributed by atoms with van der Waals surface area (Å²) in [5.74, 6) is -0.405. The molecule has 0 spiro atoms. The van der Waals surface area contributed by atoms with Crippen molar-refractivity contribution in [1.82, 2.24) is 0 Å². The number of hydrogen-bond acceptors (Lipinski definition) is 6. The Hall–Kier alpha value is -3.13. The fourth-order valence-corrected chi connectivity index (χ4v) is 4.04. The van der Waals surface area contributed by atoms with Crippen molar-refractivity contribution in [3.63, 3.8) is 0 Å². The number of rotatable bonds is 4. The summed E-state index contributed by atoms with van der Waals surface area (Å²) in [6, 6.07) is 9.65. The Balaban J connectivity index is 1.46. The highest BCUT2D eigenvalue weighted by Crippen LogP contribution is 2.35. The van der Waals surface area contributed by atoms with Crippen LogP contribution in [0.4, 0.5) is 10.1 Å². The third-order valence-corrected chi connectivity index (χ3v) is 5.62. The summed E-state index contributed by atoms with van der Waals surface area (Å²) in [5.41, 5.74) is 1.00. The molecule has 1 atom stereocenters. The Morgan fingerprint density at radius 3 is 2.79 bits per heavy atom. The minimum absolute atomic E-state index is 0.135. The molecule has 1 aliphatic heterocycles. The van der Waals surface area contributed by atoms with Crippen LogP contribution in [0, 0.1) is 12.7 Å². The Bertz CT molecular complexity index is 1090. The molecule has 0 fully saturated rings. The maximum atomic E-state index is 14.0. The number of carbonyl (C=O) groups is 2. The fraction of sp³-hybridized carbons (Fsp3) is 0.200. The molecule has 6 nitrogen and oxygen atoms in total. The van der Waals surface area contributed by atoms with Crippen LogP contribution in [0.3, 0.4) is 0 Å². The summed E-state index contributed by atoms with van der Waals surface area (Å²) in [5, 5.41) is 3.07. The number of carbonyl (C=O) groups excluding carboxylic acids is 2. The zero-order valence-electron chi connectivity index (χ0n) is 15.1. The summed E-state index contributed by atoms with van der Waals surface area (Å²) in [6.07, 6.45) is -1.03. The lowest BCUT2D eigenvalue weighted by Gasteiger charge is -2.13. The first kappa shape index (κ1) is 18.2. The number of thiophene rings is 1. The third kappa shape index (κ3) is 3.27. The fourth-order valence-electron chi connectivity index (χ4n) is 2.93. The number of nitrogens with one attached hydrogen (secondary N) is 1. The standard InChI is InChI=1S/C20H16FNO5S/c1-10-17-13(21)4-3-5-16(17)28-18(10)20(24)27-11(2)19(23)22-12-6-7-14-15(8-12)26-9-25-14/h3-8,11H,9H2,1-2H3,(H,22,23)/t11-/m1/s1.